The summed E-state index contributed by atoms with van der Waals surface area (Å²) in [6.07, 6.45) is 3.83. The number of aliphatic hydroxyl groups is 1. The number of nitrogens with zero attached hydrogens (tertiary/aromatic N) is 2. The summed E-state index contributed by atoms with van der Waals surface area (Å²) in [6.45, 7) is 4.59. The molecular formula is C15H23N3O. The molecule has 0 amide bonds. The zero-order chi connectivity index (χ0) is 13.8. The van der Waals surface area contributed by atoms with Crippen LogP contribution in [0.15, 0.2) is 18.2 Å². The van der Waals surface area contributed by atoms with Gasteiger partial charge in [0.05, 0.1) is 11.0 Å². The Labute approximate surface area is 114 Å². The Bertz CT molecular complexity index is 548. The van der Waals surface area contributed by atoms with E-state index in [1.807, 2.05) is 18.2 Å². The number of aliphatic hydroxyl groups excluding tert-OH is 1. The topological polar surface area (TPSA) is 64.1 Å². The van der Waals surface area contributed by atoms with Gasteiger partial charge in [0.2, 0.25) is 0 Å². The predicted molar refractivity (Wildman–Crippen MR) is 79.2 cm³/mol. The molecule has 19 heavy (non-hydrogen) atoms. The second-order valence-electron chi connectivity index (χ2n) is 5.11. The molecule has 0 radical (unpaired) electrons. The highest BCUT2D eigenvalue weighted by Crippen LogP contribution is 2.26. The van der Waals surface area contributed by atoms with E-state index >= 15 is 0 Å². The maximum atomic E-state index is 8.99. The summed E-state index contributed by atoms with van der Waals surface area (Å²) < 4.78 is 2.30. The standard InChI is InChI=1S/C15H23N3O/c1-3-5-15-17-13-10-12(16)7-8-14(13)18(15)11(2)6-4-9-19/h7-8,10-11,19H,3-6,9,16H2,1-2H3. The Kier molecular flexibility index (Phi) is 4.43. The van der Waals surface area contributed by atoms with E-state index in [-0.39, 0.29) is 6.61 Å². The summed E-state index contributed by atoms with van der Waals surface area (Å²) in [5.41, 5.74) is 8.70. The molecule has 0 bridgehead atoms. The lowest BCUT2D eigenvalue weighted by Gasteiger charge is -2.17. The molecule has 4 heteroatoms. The molecule has 4 nitrogen and oxygen atoms in total. The number of imidazole rings is 1. The first kappa shape index (κ1) is 13.9. The number of aromatic nitrogens is 2. The first-order chi connectivity index (χ1) is 9.17. The third-order valence-corrected chi connectivity index (χ3v) is 3.48. The average Bonchev–Trinajstić information content (AvgIpc) is 2.73. The van der Waals surface area contributed by atoms with Gasteiger partial charge in [-0.05, 0) is 44.4 Å². The molecule has 0 spiro atoms. The van der Waals surface area contributed by atoms with Gasteiger partial charge < -0.3 is 15.4 Å². The second-order valence-corrected chi connectivity index (χ2v) is 5.11. The van der Waals surface area contributed by atoms with Crippen molar-refractivity contribution in [2.24, 2.45) is 0 Å². The van der Waals surface area contributed by atoms with Crippen molar-refractivity contribution in [2.45, 2.75) is 45.6 Å². The van der Waals surface area contributed by atoms with Crippen LogP contribution in [0, 0.1) is 0 Å². The molecule has 1 aromatic carbocycles. The minimum absolute atomic E-state index is 0.243. The molecule has 1 heterocycles. The number of benzene rings is 1. The Balaban J connectivity index is 2.45. The molecule has 0 saturated heterocycles. The Morgan fingerprint density at radius 3 is 2.89 bits per heavy atom. The van der Waals surface area contributed by atoms with Gasteiger partial charge in [0.1, 0.15) is 5.82 Å². The van der Waals surface area contributed by atoms with Crippen LogP contribution in [0.25, 0.3) is 11.0 Å². The van der Waals surface area contributed by atoms with Crippen LogP contribution >= 0.6 is 0 Å². The number of hydrogen-bond donors (Lipinski definition) is 2. The van der Waals surface area contributed by atoms with Crippen molar-refractivity contribution in [3.8, 4) is 0 Å². The fourth-order valence-electron chi connectivity index (χ4n) is 2.57. The van der Waals surface area contributed by atoms with E-state index in [9.17, 15) is 0 Å². The Hall–Kier alpha value is -1.55. The molecule has 0 fully saturated rings. The largest absolute Gasteiger partial charge is 0.399 e. The number of hydrogen-bond acceptors (Lipinski definition) is 3. The van der Waals surface area contributed by atoms with Crippen LogP contribution in [0.4, 0.5) is 5.69 Å². The highest BCUT2D eigenvalue weighted by Gasteiger charge is 2.15. The van der Waals surface area contributed by atoms with Gasteiger partial charge in [-0.3, -0.25) is 0 Å². The van der Waals surface area contributed by atoms with Gasteiger partial charge in [-0.2, -0.15) is 0 Å². The minimum Gasteiger partial charge on any atom is -0.399 e. The summed E-state index contributed by atoms with van der Waals surface area (Å²) in [5.74, 6) is 1.12. The zero-order valence-corrected chi connectivity index (χ0v) is 11.8. The van der Waals surface area contributed by atoms with Gasteiger partial charge in [-0.15, -0.1) is 0 Å². The third kappa shape index (κ3) is 2.89. The van der Waals surface area contributed by atoms with Gasteiger partial charge in [-0.25, -0.2) is 4.98 Å². The fourth-order valence-corrected chi connectivity index (χ4v) is 2.57. The first-order valence-corrected chi connectivity index (χ1v) is 7.04. The predicted octanol–water partition coefficient (Wildman–Crippen LogP) is 2.90. The van der Waals surface area contributed by atoms with E-state index in [1.54, 1.807) is 0 Å². The molecule has 104 valence electrons. The van der Waals surface area contributed by atoms with E-state index in [0.717, 1.165) is 48.2 Å². The number of fused-ring (bicyclic) bond motifs is 1. The monoisotopic (exact) mass is 261 g/mol. The molecule has 0 aliphatic carbocycles. The minimum atomic E-state index is 0.243. The van der Waals surface area contributed by atoms with E-state index in [4.69, 9.17) is 15.8 Å². The molecule has 0 aliphatic rings. The van der Waals surface area contributed by atoms with Crippen molar-refractivity contribution < 1.29 is 5.11 Å². The molecule has 1 aromatic heterocycles. The van der Waals surface area contributed by atoms with Crippen LogP contribution in [0.5, 0.6) is 0 Å². The molecule has 0 saturated carbocycles. The van der Waals surface area contributed by atoms with Crippen molar-refractivity contribution in [1.29, 1.82) is 0 Å². The maximum Gasteiger partial charge on any atom is 0.110 e. The lowest BCUT2D eigenvalue weighted by atomic mass is 10.1. The number of nitrogens with two attached hydrogens (primary N) is 1. The van der Waals surface area contributed by atoms with Crippen LogP contribution in [0.3, 0.4) is 0 Å². The van der Waals surface area contributed by atoms with Crippen LogP contribution in [0.2, 0.25) is 0 Å². The van der Waals surface area contributed by atoms with Crippen molar-refractivity contribution in [3.63, 3.8) is 0 Å². The number of rotatable bonds is 6. The molecule has 2 aromatic rings. The Morgan fingerprint density at radius 2 is 2.21 bits per heavy atom. The summed E-state index contributed by atoms with van der Waals surface area (Å²) in [6, 6.07) is 6.26. The van der Waals surface area contributed by atoms with Gasteiger partial charge in [0.25, 0.3) is 0 Å². The molecule has 1 unspecified atom stereocenters. The summed E-state index contributed by atoms with van der Waals surface area (Å²) in [7, 11) is 0. The van der Waals surface area contributed by atoms with Gasteiger partial charge in [0.15, 0.2) is 0 Å². The molecule has 0 aliphatic heterocycles. The number of nitrogen functional groups attached to an aromatic ring is 1. The van der Waals surface area contributed by atoms with Crippen LogP contribution in [-0.4, -0.2) is 21.3 Å². The highest BCUT2D eigenvalue weighted by atomic mass is 16.2. The lowest BCUT2D eigenvalue weighted by Crippen LogP contribution is -2.10. The first-order valence-electron chi connectivity index (χ1n) is 7.04. The van der Waals surface area contributed by atoms with E-state index in [1.165, 1.54) is 0 Å². The van der Waals surface area contributed by atoms with Gasteiger partial charge >= 0.3 is 0 Å². The highest BCUT2D eigenvalue weighted by molar-refractivity contribution is 5.79. The second kappa shape index (κ2) is 6.06. The average molecular weight is 261 g/mol. The molecule has 1 atom stereocenters. The van der Waals surface area contributed by atoms with Gasteiger partial charge in [0, 0.05) is 24.8 Å². The third-order valence-electron chi connectivity index (χ3n) is 3.48. The van der Waals surface area contributed by atoms with Crippen LogP contribution in [0.1, 0.15) is 45.0 Å². The normalized spacial score (nSPS) is 13.0. The summed E-state index contributed by atoms with van der Waals surface area (Å²) >= 11 is 0. The van der Waals surface area contributed by atoms with Crippen LogP contribution in [-0.2, 0) is 6.42 Å². The fraction of sp³-hybridized carbons (Fsp3) is 0.533. The lowest BCUT2D eigenvalue weighted by molar-refractivity contribution is 0.273. The summed E-state index contributed by atoms with van der Waals surface area (Å²) in [4.78, 5) is 4.71. The smallest absolute Gasteiger partial charge is 0.110 e. The van der Waals surface area contributed by atoms with E-state index < -0.39 is 0 Å². The molecule has 3 N–H and O–H groups in total. The Morgan fingerprint density at radius 1 is 1.42 bits per heavy atom. The number of aryl methyl sites for hydroxylation is 1. The van der Waals surface area contributed by atoms with Crippen molar-refractivity contribution in [1.82, 2.24) is 9.55 Å². The zero-order valence-electron chi connectivity index (χ0n) is 11.8. The van der Waals surface area contributed by atoms with Crippen LogP contribution < -0.4 is 5.73 Å². The summed E-state index contributed by atoms with van der Waals surface area (Å²) in [5, 5.41) is 8.99. The maximum absolute atomic E-state index is 8.99. The quantitative estimate of drug-likeness (QED) is 0.786. The van der Waals surface area contributed by atoms with Crippen molar-refractivity contribution in [2.75, 3.05) is 12.3 Å². The molecule has 2 rings (SSSR count). The van der Waals surface area contributed by atoms with Crippen molar-refractivity contribution >= 4 is 16.7 Å². The number of anilines is 1. The molecular weight excluding hydrogens is 238 g/mol. The SMILES string of the molecule is CCCc1nc2cc(N)ccc2n1C(C)CCCO. The van der Waals surface area contributed by atoms with E-state index in [2.05, 4.69) is 18.4 Å². The van der Waals surface area contributed by atoms with E-state index in [0.29, 0.717) is 6.04 Å². The van der Waals surface area contributed by atoms with Gasteiger partial charge in [-0.1, -0.05) is 6.92 Å². The van der Waals surface area contributed by atoms with Crippen molar-refractivity contribution in [3.05, 3.63) is 24.0 Å².